The number of nitrogen functional groups attached to an aromatic ring is 1. The second-order valence-corrected chi connectivity index (χ2v) is 6.51. The number of aliphatic hydroxyl groups is 1. The Morgan fingerprint density at radius 3 is 2.67 bits per heavy atom. The van der Waals surface area contributed by atoms with Crippen molar-refractivity contribution in [1.29, 1.82) is 0 Å². The summed E-state index contributed by atoms with van der Waals surface area (Å²) in [5.74, 6) is 0.586. The summed E-state index contributed by atoms with van der Waals surface area (Å²) < 4.78 is 4.15. The Hall–Kier alpha value is -0.460. The van der Waals surface area contributed by atoms with Gasteiger partial charge in [-0.2, -0.15) is 4.37 Å². The van der Waals surface area contributed by atoms with E-state index in [1.54, 1.807) is 11.8 Å². The third kappa shape index (κ3) is 3.30. The second-order valence-electron chi connectivity index (χ2n) is 4.92. The lowest BCUT2D eigenvalue weighted by Crippen LogP contribution is -2.36. The van der Waals surface area contributed by atoms with E-state index < -0.39 is 5.60 Å². The molecule has 0 radical (unpaired) electrons. The van der Waals surface area contributed by atoms with Crippen LogP contribution < -0.4 is 11.1 Å². The molecular formula is C12H21N3OS2. The van der Waals surface area contributed by atoms with E-state index in [-0.39, 0.29) is 0 Å². The van der Waals surface area contributed by atoms with Gasteiger partial charge in [-0.05, 0) is 30.6 Å². The highest BCUT2D eigenvalue weighted by Gasteiger charge is 2.28. The normalized spacial score (nSPS) is 19.4. The molecule has 0 aromatic carbocycles. The molecule has 0 bridgehead atoms. The van der Waals surface area contributed by atoms with Crippen LogP contribution in [0.3, 0.4) is 0 Å². The van der Waals surface area contributed by atoms with Crippen LogP contribution >= 0.6 is 23.3 Å². The van der Waals surface area contributed by atoms with Crippen LogP contribution in [0.1, 0.15) is 38.5 Å². The van der Waals surface area contributed by atoms with Gasteiger partial charge < -0.3 is 16.2 Å². The lowest BCUT2D eigenvalue weighted by atomic mass is 9.94. The smallest absolute Gasteiger partial charge is 0.153 e. The van der Waals surface area contributed by atoms with Gasteiger partial charge in [-0.1, -0.05) is 25.7 Å². The van der Waals surface area contributed by atoms with Crippen LogP contribution in [-0.4, -0.2) is 27.9 Å². The second kappa shape index (κ2) is 6.12. The Morgan fingerprint density at radius 2 is 2.06 bits per heavy atom. The standard InChI is InChI=1S/C12H21N3OS2/c1-17-9-10(13)15-18-11(9)14-8-12(16)6-4-2-3-5-7-12/h14,16H,2-8H2,1H3,(H2,13,15). The summed E-state index contributed by atoms with van der Waals surface area (Å²) in [4.78, 5) is 0.997. The highest BCUT2D eigenvalue weighted by atomic mass is 32.2. The molecule has 0 amide bonds. The van der Waals surface area contributed by atoms with Crippen LogP contribution in [0.5, 0.6) is 0 Å². The highest BCUT2D eigenvalue weighted by Crippen LogP contribution is 2.35. The molecule has 1 aromatic rings. The molecule has 2 rings (SSSR count). The summed E-state index contributed by atoms with van der Waals surface area (Å²) in [6.07, 6.45) is 8.51. The van der Waals surface area contributed by atoms with Crippen molar-refractivity contribution < 1.29 is 5.11 Å². The van der Waals surface area contributed by atoms with E-state index in [4.69, 9.17) is 5.73 Å². The number of nitrogens with zero attached hydrogens (tertiary/aromatic N) is 1. The van der Waals surface area contributed by atoms with Gasteiger partial charge in [0.05, 0.1) is 10.5 Å². The van der Waals surface area contributed by atoms with Gasteiger partial charge in [0.15, 0.2) is 5.82 Å². The highest BCUT2D eigenvalue weighted by molar-refractivity contribution is 7.99. The molecule has 0 saturated heterocycles. The molecule has 0 unspecified atom stereocenters. The van der Waals surface area contributed by atoms with Crippen molar-refractivity contribution in [3.63, 3.8) is 0 Å². The number of nitrogens with one attached hydrogen (secondary N) is 1. The van der Waals surface area contributed by atoms with E-state index in [1.807, 2.05) is 6.26 Å². The minimum absolute atomic E-state index is 0.565. The van der Waals surface area contributed by atoms with Gasteiger partial charge in [-0.15, -0.1) is 11.8 Å². The van der Waals surface area contributed by atoms with Crippen molar-refractivity contribution in [1.82, 2.24) is 4.37 Å². The Labute approximate surface area is 117 Å². The predicted octanol–water partition coefficient (Wildman–Crippen LogP) is 2.94. The van der Waals surface area contributed by atoms with Crippen LogP contribution in [0.15, 0.2) is 4.90 Å². The number of nitrogens with two attached hydrogens (primary N) is 1. The zero-order valence-electron chi connectivity index (χ0n) is 10.7. The Kier molecular flexibility index (Phi) is 4.75. The molecule has 0 atom stereocenters. The monoisotopic (exact) mass is 287 g/mol. The van der Waals surface area contributed by atoms with Crippen molar-refractivity contribution in [3.8, 4) is 0 Å². The van der Waals surface area contributed by atoms with Crippen LogP contribution in [-0.2, 0) is 0 Å². The first-order chi connectivity index (χ1) is 8.64. The molecule has 0 spiro atoms. The zero-order valence-corrected chi connectivity index (χ0v) is 12.4. The van der Waals surface area contributed by atoms with E-state index in [0.29, 0.717) is 12.4 Å². The van der Waals surface area contributed by atoms with Crippen molar-refractivity contribution in [3.05, 3.63) is 0 Å². The Balaban J connectivity index is 1.97. The van der Waals surface area contributed by atoms with Gasteiger partial charge in [0.25, 0.3) is 0 Å². The average molecular weight is 287 g/mol. The van der Waals surface area contributed by atoms with Gasteiger partial charge in [-0.3, -0.25) is 0 Å². The van der Waals surface area contributed by atoms with E-state index in [0.717, 1.165) is 35.6 Å². The van der Waals surface area contributed by atoms with Crippen molar-refractivity contribution in [2.45, 2.75) is 49.0 Å². The van der Waals surface area contributed by atoms with E-state index >= 15 is 0 Å². The summed E-state index contributed by atoms with van der Waals surface area (Å²) in [7, 11) is 0. The fourth-order valence-corrected chi connectivity index (χ4v) is 3.95. The number of anilines is 2. The lowest BCUT2D eigenvalue weighted by Gasteiger charge is -2.27. The molecular weight excluding hydrogens is 266 g/mol. The minimum Gasteiger partial charge on any atom is -0.388 e. The van der Waals surface area contributed by atoms with Crippen molar-refractivity contribution in [2.75, 3.05) is 23.9 Å². The minimum atomic E-state index is -0.565. The van der Waals surface area contributed by atoms with Crippen LogP contribution in [0.4, 0.5) is 10.8 Å². The first-order valence-corrected chi connectivity index (χ1v) is 8.40. The largest absolute Gasteiger partial charge is 0.388 e. The maximum Gasteiger partial charge on any atom is 0.153 e. The maximum atomic E-state index is 10.6. The number of hydrogen-bond acceptors (Lipinski definition) is 6. The summed E-state index contributed by atoms with van der Waals surface area (Å²) in [6.45, 7) is 0.599. The first-order valence-electron chi connectivity index (χ1n) is 6.40. The van der Waals surface area contributed by atoms with Gasteiger partial charge in [0.1, 0.15) is 5.00 Å². The number of thioether (sulfide) groups is 1. The summed E-state index contributed by atoms with van der Waals surface area (Å²) in [5.41, 5.74) is 5.23. The molecule has 1 aromatic heterocycles. The Morgan fingerprint density at radius 1 is 1.39 bits per heavy atom. The molecule has 4 N–H and O–H groups in total. The summed E-state index contributed by atoms with van der Waals surface area (Å²) in [6, 6.07) is 0. The first kappa shape index (κ1) is 14.0. The van der Waals surface area contributed by atoms with Gasteiger partial charge in [-0.25, -0.2) is 0 Å². The number of hydrogen-bond donors (Lipinski definition) is 3. The predicted molar refractivity (Wildman–Crippen MR) is 79.4 cm³/mol. The Bertz CT molecular complexity index is 387. The summed E-state index contributed by atoms with van der Waals surface area (Å²) >= 11 is 2.97. The molecule has 18 heavy (non-hydrogen) atoms. The number of rotatable bonds is 4. The van der Waals surface area contributed by atoms with Gasteiger partial charge >= 0.3 is 0 Å². The third-order valence-electron chi connectivity index (χ3n) is 3.49. The van der Waals surface area contributed by atoms with E-state index in [1.165, 1.54) is 24.4 Å². The summed E-state index contributed by atoms with van der Waals surface area (Å²) in [5, 5.41) is 14.9. The molecule has 1 saturated carbocycles. The molecule has 1 aliphatic rings. The fraction of sp³-hybridized carbons (Fsp3) is 0.750. The van der Waals surface area contributed by atoms with Crippen LogP contribution in [0.2, 0.25) is 0 Å². The molecule has 0 aliphatic heterocycles. The number of aromatic nitrogens is 1. The zero-order chi connectivity index (χ0) is 13.0. The molecule has 6 heteroatoms. The van der Waals surface area contributed by atoms with Gasteiger partial charge in [0, 0.05) is 6.54 Å². The molecule has 1 heterocycles. The SMILES string of the molecule is CSc1c(N)nsc1NCC1(O)CCCCCC1. The molecule has 1 fully saturated rings. The van der Waals surface area contributed by atoms with E-state index in [2.05, 4.69) is 9.69 Å². The van der Waals surface area contributed by atoms with E-state index in [9.17, 15) is 5.11 Å². The third-order valence-corrected chi connectivity index (χ3v) is 5.26. The molecule has 102 valence electrons. The quantitative estimate of drug-likeness (QED) is 0.586. The van der Waals surface area contributed by atoms with Crippen LogP contribution in [0, 0.1) is 0 Å². The lowest BCUT2D eigenvalue weighted by molar-refractivity contribution is 0.0381. The molecule has 4 nitrogen and oxygen atoms in total. The maximum absolute atomic E-state index is 10.6. The molecule has 1 aliphatic carbocycles. The van der Waals surface area contributed by atoms with Gasteiger partial charge in [0.2, 0.25) is 0 Å². The topological polar surface area (TPSA) is 71.2 Å². The van der Waals surface area contributed by atoms with Crippen molar-refractivity contribution >= 4 is 34.1 Å². The van der Waals surface area contributed by atoms with Crippen molar-refractivity contribution in [2.24, 2.45) is 0 Å². The average Bonchev–Trinajstić information content (AvgIpc) is 2.56. The fourth-order valence-electron chi connectivity index (χ4n) is 2.41. The van der Waals surface area contributed by atoms with Crippen LogP contribution in [0.25, 0.3) is 0 Å².